The summed E-state index contributed by atoms with van der Waals surface area (Å²) in [6.07, 6.45) is 3.45. The molecule has 0 N–H and O–H groups in total. The van der Waals surface area contributed by atoms with Gasteiger partial charge in [-0.05, 0) is 48.2 Å². The minimum atomic E-state index is 0.0397. The van der Waals surface area contributed by atoms with Gasteiger partial charge in [-0.15, -0.1) is 0 Å². The van der Waals surface area contributed by atoms with Crippen LogP contribution in [0.3, 0.4) is 0 Å². The van der Waals surface area contributed by atoms with Crippen LogP contribution >= 0.6 is 0 Å². The third-order valence-electron chi connectivity index (χ3n) is 5.43. The van der Waals surface area contributed by atoms with Crippen molar-refractivity contribution in [2.24, 2.45) is 0 Å². The Hall–Kier alpha value is -3.22. The van der Waals surface area contributed by atoms with E-state index in [2.05, 4.69) is 15.1 Å². The lowest BCUT2D eigenvalue weighted by atomic mass is 9.94. The van der Waals surface area contributed by atoms with Crippen LogP contribution in [-0.4, -0.2) is 39.1 Å². The number of carbonyl (C=O) groups excluding carboxylic acids is 1. The van der Waals surface area contributed by atoms with Crippen LogP contribution in [0.5, 0.6) is 5.75 Å². The number of benzene rings is 1. The molecular formula is C21H20N4O3. The van der Waals surface area contributed by atoms with E-state index in [1.54, 1.807) is 6.92 Å². The van der Waals surface area contributed by atoms with Crippen LogP contribution < -0.4 is 4.74 Å². The molecular weight excluding hydrogens is 356 g/mol. The molecule has 5 rings (SSSR count). The average Bonchev–Trinajstić information content (AvgIpc) is 3.35. The topological polar surface area (TPSA) is 81.4 Å². The standard InChI is InChI=1S/C21H20N4O3/c1-12-19(20-23-13(2)28-24-20)17-5-7-25(11-16(17)10-22-12)21(26)15-3-4-18-14(9-15)6-8-27-18/h3-4,9-10H,5-8,11H2,1-2H3. The average molecular weight is 376 g/mol. The van der Waals surface area contributed by atoms with E-state index in [1.165, 1.54) is 0 Å². The van der Waals surface area contributed by atoms with Crippen molar-refractivity contribution in [3.8, 4) is 17.1 Å². The molecule has 4 heterocycles. The number of pyridine rings is 1. The quantitative estimate of drug-likeness (QED) is 0.684. The molecule has 0 atom stereocenters. The van der Waals surface area contributed by atoms with E-state index in [1.807, 2.05) is 36.2 Å². The number of hydrogen-bond donors (Lipinski definition) is 0. The van der Waals surface area contributed by atoms with Gasteiger partial charge in [0.15, 0.2) is 0 Å². The highest BCUT2D eigenvalue weighted by Crippen LogP contribution is 2.32. The van der Waals surface area contributed by atoms with Crippen LogP contribution in [0.4, 0.5) is 0 Å². The molecule has 28 heavy (non-hydrogen) atoms. The third-order valence-corrected chi connectivity index (χ3v) is 5.43. The number of amides is 1. The van der Waals surface area contributed by atoms with Gasteiger partial charge in [-0.2, -0.15) is 4.98 Å². The molecule has 0 aliphatic carbocycles. The summed E-state index contributed by atoms with van der Waals surface area (Å²) in [6, 6.07) is 5.71. The Labute approximate surface area is 162 Å². The fraction of sp³-hybridized carbons (Fsp3) is 0.333. The van der Waals surface area contributed by atoms with Crippen LogP contribution in [0.15, 0.2) is 28.9 Å². The molecule has 2 aliphatic rings. The van der Waals surface area contributed by atoms with Crippen LogP contribution in [-0.2, 0) is 19.4 Å². The van der Waals surface area contributed by atoms with Crippen LogP contribution in [0.25, 0.3) is 11.4 Å². The van der Waals surface area contributed by atoms with E-state index >= 15 is 0 Å². The van der Waals surface area contributed by atoms with Crippen molar-refractivity contribution < 1.29 is 14.1 Å². The summed E-state index contributed by atoms with van der Waals surface area (Å²) in [4.78, 5) is 23.8. The minimum absolute atomic E-state index is 0.0397. The van der Waals surface area contributed by atoms with E-state index in [-0.39, 0.29) is 5.91 Å². The number of aromatic nitrogens is 3. The molecule has 0 saturated carbocycles. The van der Waals surface area contributed by atoms with Crippen molar-refractivity contribution in [3.63, 3.8) is 0 Å². The maximum absolute atomic E-state index is 13.1. The van der Waals surface area contributed by atoms with Gasteiger partial charge in [0.25, 0.3) is 5.91 Å². The second-order valence-corrected chi connectivity index (χ2v) is 7.26. The Balaban J connectivity index is 1.45. The highest BCUT2D eigenvalue weighted by atomic mass is 16.5. The Bertz CT molecular complexity index is 1090. The van der Waals surface area contributed by atoms with Crippen LogP contribution in [0, 0.1) is 13.8 Å². The molecule has 1 aromatic carbocycles. The number of aryl methyl sites for hydroxylation is 2. The molecule has 0 fully saturated rings. The van der Waals surface area contributed by atoms with E-state index < -0.39 is 0 Å². The molecule has 2 aromatic heterocycles. The predicted molar refractivity (Wildman–Crippen MR) is 101 cm³/mol. The highest BCUT2D eigenvalue weighted by molar-refractivity contribution is 5.95. The summed E-state index contributed by atoms with van der Waals surface area (Å²) in [5.74, 6) is 2.02. The minimum Gasteiger partial charge on any atom is -0.493 e. The SMILES string of the molecule is Cc1nc(-c2c(C)ncc3c2CCN(C(=O)c2ccc4c(c2)CCO4)C3)no1. The summed E-state index contributed by atoms with van der Waals surface area (Å²) >= 11 is 0. The smallest absolute Gasteiger partial charge is 0.254 e. The van der Waals surface area contributed by atoms with Crippen molar-refractivity contribution in [3.05, 3.63) is 58.2 Å². The first-order valence-corrected chi connectivity index (χ1v) is 9.43. The fourth-order valence-corrected chi connectivity index (χ4v) is 4.02. The summed E-state index contributed by atoms with van der Waals surface area (Å²) in [6.45, 7) is 5.58. The van der Waals surface area contributed by atoms with Gasteiger partial charge in [0.1, 0.15) is 5.75 Å². The molecule has 3 aromatic rings. The van der Waals surface area contributed by atoms with Crippen LogP contribution in [0.2, 0.25) is 0 Å². The number of rotatable bonds is 2. The Morgan fingerprint density at radius 1 is 1.18 bits per heavy atom. The zero-order chi connectivity index (χ0) is 19.3. The monoisotopic (exact) mass is 376 g/mol. The highest BCUT2D eigenvalue weighted by Gasteiger charge is 2.27. The van der Waals surface area contributed by atoms with Gasteiger partial charge in [0, 0.05) is 49.5 Å². The zero-order valence-electron chi connectivity index (χ0n) is 15.9. The largest absolute Gasteiger partial charge is 0.493 e. The van der Waals surface area contributed by atoms with Gasteiger partial charge in [-0.3, -0.25) is 9.78 Å². The summed E-state index contributed by atoms with van der Waals surface area (Å²) in [5, 5.41) is 4.07. The molecule has 0 unspecified atom stereocenters. The summed E-state index contributed by atoms with van der Waals surface area (Å²) in [7, 11) is 0. The maximum atomic E-state index is 13.1. The first-order chi connectivity index (χ1) is 13.6. The maximum Gasteiger partial charge on any atom is 0.254 e. The van der Waals surface area contributed by atoms with Gasteiger partial charge >= 0.3 is 0 Å². The van der Waals surface area contributed by atoms with Gasteiger partial charge < -0.3 is 14.2 Å². The molecule has 1 amide bonds. The van der Waals surface area contributed by atoms with E-state index in [0.29, 0.717) is 37.0 Å². The normalized spacial score (nSPS) is 15.1. The van der Waals surface area contributed by atoms with E-state index in [0.717, 1.165) is 46.5 Å². The van der Waals surface area contributed by atoms with E-state index in [9.17, 15) is 4.79 Å². The van der Waals surface area contributed by atoms with Crippen molar-refractivity contribution in [1.29, 1.82) is 0 Å². The Kier molecular flexibility index (Phi) is 3.89. The van der Waals surface area contributed by atoms with Gasteiger partial charge in [-0.25, -0.2) is 0 Å². The number of fused-ring (bicyclic) bond motifs is 2. The zero-order valence-corrected chi connectivity index (χ0v) is 15.9. The number of ether oxygens (including phenoxy) is 1. The number of carbonyl (C=O) groups is 1. The van der Waals surface area contributed by atoms with Crippen molar-refractivity contribution in [2.45, 2.75) is 33.2 Å². The van der Waals surface area contributed by atoms with E-state index in [4.69, 9.17) is 9.26 Å². The first kappa shape index (κ1) is 16.9. The van der Waals surface area contributed by atoms with Crippen molar-refractivity contribution in [1.82, 2.24) is 20.0 Å². The first-order valence-electron chi connectivity index (χ1n) is 9.43. The van der Waals surface area contributed by atoms with Crippen LogP contribution in [0.1, 0.15) is 38.6 Å². The molecule has 142 valence electrons. The number of hydrogen-bond acceptors (Lipinski definition) is 6. The lowest BCUT2D eigenvalue weighted by Gasteiger charge is -2.30. The summed E-state index contributed by atoms with van der Waals surface area (Å²) < 4.78 is 10.7. The Morgan fingerprint density at radius 2 is 2.07 bits per heavy atom. The third kappa shape index (κ3) is 2.74. The second-order valence-electron chi connectivity index (χ2n) is 7.26. The Morgan fingerprint density at radius 3 is 2.89 bits per heavy atom. The molecule has 0 saturated heterocycles. The fourth-order valence-electron chi connectivity index (χ4n) is 4.02. The molecule has 7 nitrogen and oxygen atoms in total. The predicted octanol–water partition coefficient (Wildman–Crippen LogP) is 2.88. The molecule has 7 heteroatoms. The lowest BCUT2D eigenvalue weighted by Crippen LogP contribution is -2.36. The summed E-state index contributed by atoms with van der Waals surface area (Å²) in [5.41, 5.74) is 5.80. The van der Waals surface area contributed by atoms with Crippen molar-refractivity contribution >= 4 is 5.91 Å². The number of nitrogens with zero attached hydrogens (tertiary/aromatic N) is 4. The molecule has 2 aliphatic heterocycles. The molecule has 0 spiro atoms. The van der Waals surface area contributed by atoms with Gasteiger partial charge in [-0.1, -0.05) is 5.16 Å². The second kappa shape index (κ2) is 6.44. The van der Waals surface area contributed by atoms with Crippen molar-refractivity contribution in [2.75, 3.05) is 13.2 Å². The molecule has 0 bridgehead atoms. The van der Waals surface area contributed by atoms with Gasteiger partial charge in [0.2, 0.25) is 11.7 Å². The lowest BCUT2D eigenvalue weighted by molar-refractivity contribution is 0.0734. The van der Waals surface area contributed by atoms with Gasteiger partial charge in [0.05, 0.1) is 6.61 Å². The molecule has 0 radical (unpaired) electrons.